The normalized spacial score (nSPS) is 18.4. The minimum absolute atomic E-state index is 0.0134. The molecule has 3 heterocycles. The highest BCUT2D eigenvalue weighted by Crippen LogP contribution is 2.41. The largest absolute Gasteiger partial charge is 0.487 e. The summed E-state index contributed by atoms with van der Waals surface area (Å²) in [5.41, 5.74) is 1.31. The molecule has 4 heteroatoms. The Hall–Kier alpha value is -3.06. The fourth-order valence-electron chi connectivity index (χ4n) is 3.79. The van der Waals surface area contributed by atoms with E-state index in [0.717, 1.165) is 39.2 Å². The van der Waals surface area contributed by atoms with Crippen molar-refractivity contribution in [3.05, 3.63) is 58.5 Å². The van der Waals surface area contributed by atoms with E-state index in [1.54, 1.807) is 12.3 Å². The van der Waals surface area contributed by atoms with E-state index in [-0.39, 0.29) is 11.6 Å². The highest BCUT2D eigenvalue weighted by atomic mass is 16.5. The number of pyridine rings is 1. The predicted molar refractivity (Wildman–Crippen MR) is 98.6 cm³/mol. The van der Waals surface area contributed by atoms with Gasteiger partial charge in [-0.2, -0.15) is 5.26 Å². The van der Waals surface area contributed by atoms with Crippen molar-refractivity contribution in [1.29, 1.82) is 5.26 Å². The number of nitriles is 1. The molecule has 1 atom stereocenters. The maximum atomic E-state index is 9.29. The smallest absolute Gasteiger partial charge is 0.125 e. The van der Waals surface area contributed by atoms with Gasteiger partial charge in [0.05, 0.1) is 17.7 Å². The first kappa shape index (κ1) is 15.5. The fourth-order valence-corrected chi connectivity index (χ4v) is 3.79. The summed E-state index contributed by atoms with van der Waals surface area (Å²) < 4.78 is 8.31. The van der Waals surface area contributed by atoms with Crippen molar-refractivity contribution in [2.75, 3.05) is 0 Å². The van der Waals surface area contributed by atoms with Crippen molar-refractivity contribution in [2.45, 2.75) is 31.9 Å². The summed E-state index contributed by atoms with van der Waals surface area (Å²) in [6.07, 6.45) is 4.38. The van der Waals surface area contributed by atoms with Crippen LogP contribution in [0.25, 0.3) is 23.9 Å². The topological polar surface area (TPSA) is 50.8 Å². The SMILES string of the molecule is C=c1c2ccncc2c(=C)n1C1CC(C)(C)Oc2ccc(C#N)cc21. The van der Waals surface area contributed by atoms with Crippen LogP contribution in [-0.4, -0.2) is 15.2 Å². The lowest BCUT2D eigenvalue weighted by atomic mass is 9.88. The van der Waals surface area contributed by atoms with Gasteiger partial charge < -0.3 is 9.30 Å². The van der Waals surface area contributed by atoms with E-state index in [9.17, 15) is 5.26 Å². The summed E-state index contributed by atoms with van der Waals surface area (Å²) in [5, 5.41) is 13.2. The van der Waals surface area contributed by atoms with Crippen LogP contribution >= 0.6 is 0 Å². The third-order valence-corrected chi connectivity index (χ3v) is 4.91. The van der Waals surface area contributed by atoms with E-state index in [1.807, 2.05) is 24.4 Å². The van der Waals surface area contributed by atoms with E-state index < -0.39 is 0 Å². The summed E-state index contributed by atoms with van der Waals surface area (Å²) in [5.74, 6) is 0.815. The number of nitrogens with zero attached hydrogens (tertiary/aromatic N) is 3. The molecule has 1 aromatic carbocycles. The van der Waals surface area contributed by atoms with Gasteiger partial charge in [0, 0.05) is 45.8 Å². The van der Waals surface area contributed by atoms with Gasteiger partial charge in [-0.05, 0) is 38.1 Å². The van der Waals surface area contributed by atoms with E-state index in [4.69, 9.17) is 4.74 Å². The zero-order chi connectivity index (χ0) is 17.8. The summed E-state index contributed by atoms with van der Waals surface area (Å²) in [6, 6.07) is 9.80. The lowest BCUT2D eigenvalue weighted by Crippen LogP contribution is -2.41. The first-order valence-corrected chi connectivity index (χ1v) is 8.26. The lowest BCUT2D eigenvalue weighted by molar-refractivity contribution is 0.0663. The summed E-state index contributed by atoms with van der Waals surface area (Å²) in [6.45, 7) is 12.7. The van der Waals surface area contributed by atoms with Crippen molar-refractivity contribution < 1.29 is 4.74 Å². The molecule has 1 unspecified atom stereocenters. The van der Waals surface area contributed by atoms with Crippen molar-refractivity contribution >= 4 is 23.9 Å². The maximum Gasteiger partial charge on any atom is 0.125 e. The predicted octanol–water partition coefficient (Wildman–Crippen LogP) is 2.88. The summed E-state index contributed by atoms with van der Waals surface area (Å²) >= 11 is 0. The molecule has 1 aliphatic heterocycles. The van der Waals surface area contributed by atoms with Crippen LogP contribution in [0, 0.1) is 11.3 Å². The first-order chi connectivity index (χ1) is 11.9. The fraction of sp³-hybridized carbons (Fsp3) is 0.238. The van der Waals surface area contributed by atoms with Crippen LogP contribution in [-0.2, 0) is 0 Å². The molecule has 0 radical (unpaired) electrons. The highest BCUT2D eigenvalue weighted by molar-refractivity contribution is 5.82. The molecule has 3 aromatic rings. The van der Waals surface area contributed by atoms with Gasteiger partial charge in [0.1, 0.15) is 11.4 Å². The molecule has 0 saturated carbocycles. The standard InChI is InChI=1S/C21H19N3O/c1-13-16-7-8-23-12-18(16)14(2)24(13)19-10-21(3,4)25-20-6-5-15(11-22)9-17(19)20/h5-9,12,19H,1-2,10H2,3-4H3. The Morgan fingerprint density at radius 2 is 2.00 bits per heavy atom. The van der Waals surface area contributed by atoms with E-state index in [0.29, 0.717) is 5.56 Å². The Kier molecular flexibility index (Phi) is 3.23. The minimum atomic E-state index is -0.320. The zero-order valence-electron chi connectivity index (χ0n) is 14.4. The number of hydrogen-bond donors (Lipinski definition) is 0. The van der Waals surface area contributed by atoms with Crippen molar-refractivity contribution in [2.24, 2.45) is 0 Å². The van der Waals surface area contributed by atoms with Crippen LogP contribution < -0.4 is 15.4 Å². The second kappa shape index (κ2) is 5.22. The first-order valence-electron chi connectivity index (χ1n) is 8.26. The monoisotopic (exact) mass is 329 g/mol. The average molecular weight is 329 g/mol. The second-order valence-corrected chi connectivity index (χ2v) is 7.13. The van der Waals surface area contributed by atoms with Crippen LogP contribution in [0.5, 0.6) is 5.75 Å². The second-order valence-electron chi connectivity index (χ2n) is 7.13. The molecule has 0 spiro atoms. The van der Waals surface area contributed by atoms with E-state index >= 15 is 0 Å². The van der Waals surface area contributed by atoms with Crippen LogP contribution in [0.1, 0.15) is 37.4 Å². The molecule has 0 N–H and O–H groups in total. The maximum absolute atomic E-state index is 9.29. The molecule has 25 heavy (non-hydrogen) atoms. The van der Waals surface area contributed by atoms with E-state index in [1.165, 1.54) is 0 Å². The third kappa shape index (κ3) is 2.32. The molecule has 0 aliphatic carbocycles. The molecule has 2 aromatic heterocycles. The molecule has 124 valence electrons. The van der Waals surface area contributed by atoms with Crippen molar-refractivity contribution in [1.82, 2.24) is 9.55 Å². The van der Waals surface area contributed by atoms with Gasteiger partial charge in [-0.3, -0.25) is 4.98 Å². The van der Waals surface area contributed by atoms with Crippen molar-refractivity contribution in [3.8, 4) is 11.8 Å². The number of fused-ring (bicyclic) bond motifs is 2. The Labute approximate surface area is 146 Å². The van der Waals surface area contributed by atoms with Gasteiger partial charge in [0.15, 0.2) is 0 Å². The number of ether oxygens (including phenoxy) is 1. The summed E-state index contributed by atoms with van der Waals surface area (Å²) in [7, 11) is 0. The lowest BCUT2D eigenvalue weighted by Gasteiger charge is -2.38. The number of hydrogen-bond acceptors (Lipinski definition) is 3. The number of rotatable bonds is 1. The minimum Gasteiger partial charge on any atom is -0.487 e. The van der Waals surface area contributed by atoms with Gasteiger partial charge in [0.2, 0.25) is 0 Å². The summed E-state index contributed by atoms with van der Waals surface area (Å²) in [4.78, 5) is 4.22. The Balaban J connectivity index is 2.02. The van der Waals surface area contributed by atoms with Gasteiger partial charge in [-0.25, -0.2) is 0 Å². The Morgan fingerprint density at radius 1 is 1.24 bits per heavy atom. The van der Waals surface area contributed by atoms with Crippen LogP contribution in [0.2, 0.25) is 0 Å². The Morgan fingerprint density at radius 3 is 2.72 bits per heavy atom. The van der Waals surface area contributed by atoms with Gasteiger partial charge in [-0.15, -0.1) is 0 Å². The molecule has 0 saturated heterocycles. The van der Waals surface area contributed by atoms with Crippen LogP contribution in [0.3, 0.4) is 0 Å². The van der Waals surface area contributed by atoms with Crippen LogP contribution in [0.4, 0.5) is 0 Å². The molecule has 4 rings (SSSR count). The van der Waals surface area contributed by atoms with Crippen molar-refractivity contribution in [3.63, 3.8) is 0 Å². The highest BCUT2D eigenvalue weighted by Gasteiger charge is 2.35. The van der Waals surface area contributed by atoms with E-state index in [2.05, 4.69) is 42.6 Å². The quantitative estimate of drug-likeness (QED) is 0.690. The molecule has 1 aliphatic rings. The molecular formula is C21H19N3O. The molecule has 0 bridgehead atoms. The van der Waals surface area contributed by atoms with Gasteiger partial charge in [0.25, 0.3) is 0 Å². The van der Waals surface area contributed by atoms with Crippen LogP contribution in [0.15, 0.2) is 36.7 Å². The average Bonchev–Trinajstić information content (AvgIpc) is 2.84. The molecule has 0 fully saturated rings. The number of benzene rings is 1. The molecular weight excluding hydrogens is 310 g/mol. The van der Waals surface area contributed by atoms with Gasteiger partial charge >= 0.3 is 0 Å². The number of aromatic nitrogens is 2. The zero-order valence-corrected chi connectivity index (χ0v) is 14.4. The van der Waals surface area contributed by atoms with Gasteiger partial charge in [-0.1, -0.05) is 13.2 Å². The Bertz CT molecular complexity index is 1090. The molecule has 4 nitrogen and oxygen atoms in total. The third-order valence-electron chi connectivity index (χ3n) is 4.91. The molecule has 0 amide bonds.